The normalized spacial score (nSPS) is 21.5. The van der Waals surface area contributed by atoms with Gasteiger partial charge in [-0.3, -0.25) is 0 Å². The molecule has 1 aliphatic heterocycles. The van der Waals surface area contributed by atoms with Crippen LogP contribution in [0.1, 0.15) is 6.42 Å². The Hall–Kier alpha value is -1.09. The monoisotopic (exact) mass is 191 g/mol. The van der Waals surface area contributed by atoms with E-state index in [1.807, 2.05) is 25.4 Å². The molecule has 1 aromatic heterocycles. The lowest BCUT2D eigenvalue weighted by molar-refractivity contribution is 0.549. The zero-order valence-corrected chi connectivity index (χ0v) is 8.61. The van der Waals surface area contributed by atoms with Crippen LogP contribution in [0.25, 0.3) is 0 Å². The third-order valence-corrected chi connectivity index (χ3v) is 2.75. The molecule has 1 N–H and O–H groups in total. The number of rotatable bonds is 3. The molecule has 1 saturated heterocycles. The summed E-state index contributed by atoms with van der Waals surface area (Å²) in [6, 6.07) is 6.10. The van der Waals surface area contributed by atoms with Gasteiger partial charge in [-0.1, -0.05) is 6.07 Å². The number of pyridine rings is 1. The summed E-state index contributed by atoms with van der Waals surface area (Å²) in [5, 5.41) is 3.23. The number of hydrogen-bond donors (Lipinski definition) is 1. The van der Waals surface area contributed by atoms with Crippen LogP contribution in [0.3, 0.4) is 0 Å². The fourth-order valence-corrected chi connectivity index (χ4v) is 2.04. The largest absolute Gasteiger partial charge is 0.356 e. The van der Waals surface area contributed by atoms with Crippen molar-refractivity contribution in [3.05, 3.63) is 24.4 Å². The predicted octanol–water partition coefficient (Wildman–Crippen LogP) is 1.13. The van der Waals surface area contributed by atoms with Crippen molar-refractivity contribution in [3.8, 4) is 0 Å². The van der Waals surface area contributed by atoms with Gasteiger partial charge in [-0.2, -0.15) is 0 Å². The van der Waals surface area contributed by atoms with E-state index in [9.17, 15) is 0 Å². The Balaban J connectivity index is 1.96. The first kappa shape index (κ1) is 9.46. The molecule has 0 amide bonds. The van der Waals surface area contributed by atoms with Gasteiger partial charge in [0, 0.05) is 19.3 Å². The second-order valence-electron chi connectivity index (χ2n) is 3.85. The van der Waals surface area contributed by atoms with Crippen LogP contribution < -0.4 is 10.2 Å². The molecule has 3 heteroatoms. The molecule has 1 aromatic rings. The lowest BCUT2D eigenvalue weighted by Gasteiger charge is -2.16. The SMILES string of the molecule is CNCC1CCN(c2ccccn2)C1. The minimum absolute atomic E-state index is 0.780. The van der Waals surface area contributed by atoms with Gasteiger partial charge in [0.15, 0.2) is 0 Å². The molecule has 1 fully saturated rings. The Bertz CT molecular complexity index is 273. The van der Waals surface area contributed by atoms with Gasteiger partial charge in [0.25, 0.3) is 0 Å². The van der Waals surface area contributed by atoms with Gasteiger partial charge in [0.1, 0.15) is 5.82 Å². The van der Waals surface area contributed by atoms with Crippen molar-refractivity contribution in [1.82, 2.24) is 10.3 Å². The van der Waals surface area contributed by atoms with Crippen molar-refractivity contribution in [3.63, 3.8) is 0 Å². The summed E-state index contributed by atoms with van der Waals surface area (Å²) in [5.41, 5.74) is 0. The summed E-state index contributed by atoms with van der Waals surface area (Å²) in [6.45, 7) is 3.39. The quantitative estimate of drug-likeness (QED) is 0.776. The third kappa shape index (κ3) is 2.04. The first-order chi connectivity index (χ1) is 6.90. The fourth-order valence-electron chi connectivity index (χ4n) is 2.04. The zero-order valence-electron chi connectivity index (χ0n) is 8.61. The molecule has 0 aromatic carbocycles. The number of nitrogens with zero attached hydrogens (tertiary/aromatic N) is 2. The van der Waals surface area contributed by atoms with Crippen molar-refractivity contribution in [2.45, 2.75) is 6.42 Å². The molecule has 3 nitrogen and oxygen atoms in total. The van der Waals surface area contributed by atoms with Crippen LogP contribution in [0.15, 0.2) is 24.4 Å². The average Bonchev–Trinajstić information content (AvgIpc) is 2.68. The molecule has 0 saturated carbocycles. The minimum Gasteiger partial charge on any atom is -0.356 e. The standard InChI is InChI=1S/C11H17N3/c1-12-8-10-5-7-14(9-10)11-4-2-3-6-13-11/h2-4,6,10,12H,5,7-9H2,1H3. The van der Waals surface area contributed by atoms with E-state index >= 15 is 0 Å². The molecule has 1 atom stereocenters. The average molecular weight is 191 g/mol. The molecule has 14 heavy (non-hydrogen) atoms. The van der Waals surface area contributed by atoms with Crippen LogP contribution in [-0.4, -0.2) is 31.7 Å². The van der Waals surface area contributed by atoms with E-state index in [4.69, 9.17) is 0 Å². The zero-order chi connectivity index (χ0) is 9.80. The van der Waals surface area contributed by atoms with Crippen LogP contribution in [0, 0.1) is 5.92 Å². The molecule has 0 spiro atoms. The molecule has 76 valence electrons. The Labute approximate surface area is 85.1 Å². The first-order valence-corrected chi connectivity index (χ1v) is 5.20. The third-order valence-electron chi connectivity index (χ3n) is 2.75. The minimum atomic E-state index is 0.780. The smallest absolute Gasteiger partial charge is 0.128 e. The van der Waals surface area contributed by atoms with Crippen molar-refractivity contribution in [2.75, 3.05) is 31.6 Å². The van der Waals surface area contributed by atoms with Gasteiger partial charge in [-0.05, 0) is 38.1 Å². The maximum Gasteiger partial charge on any atom is 0.128 e. The molecule has 1 aliphatic rings. The van der Waals surface area contributed by atoms with Crippen LogP contribution in [0.2, 0.25) is 0 Å². The molecule has 1 unspecified atom stereocenters. The Morgan fingerprint density at radius 3 is 3.21 bits per heavy atom. The summed E-state index contributed by atoms with van der Waals surface area (Å²) in [4.78, 5) is 6.72. The maximum atomic E-state index is 4.36. The Morgan fingerprint density at radius 1 is 1.57 bits per heavy atom. The van der Waals surface area contributed by atoms with Crippen molar-refractivity contribution in [1.29, 1.82) is 0 Å². The molecule has 0 aliphatic carbocycles. The van der Waals surface area contributed by atoms with Gasteiger partial charge >= 0.3 is 0 Å². The number of aromatic nitrogens is 1. The summed E-state index contributed by atoms with van der Waals surface area (Å²) in [7, 11) is 2.02. The Morgan fingerprint density at radius 2 is 2.50 bits per heavy atom. The predicted molar refractivity (Wildman–Crippen MR) is 58.5 cm³/mol. The summed E-state index contributed by atoms with van der Waals surface area (Å²) < 4.78 is 0. The van der Waals surface area contributed by atoms with E-state index < -0.39 is 0 Å². The molecule has 0 bridgehead atoms. The van der Waals surface area contributed by atoms with Crippen LogP contribution in [0.4, 0.5) is 5.82 Å². The van der Waals surface area contributed by atoms with E-state index in [2.05, 4.69) is 21.3 Å². The molecular weight excluding hydrogens is 174 g/mol. The highest BCUT2D eigenvalue weighted by atomic mass is 15.2. The van der Waals surface area contributed by atoms with Crippen LogP contribution in [-0.2, 0) is 0 Å². The second-order valence-corrected chi connectivity index (χ2v) is 3.85. The molecule has 2 rings (SSSR count). The highest BCUT2D eigenvalue weighted by molar-refractivity contribution is 5.38. The highest BCUT2D eigenvalue weighted by Crippen LogP contribution is 2.20. The lowest BCUT2D eigenvalue weighted by atomic mass is 10.1. The summed E-state index contributed by atoms with van der Waals surface area (Å²) in [5.74, 6) is 1.90. The van der Waals surface area contributed by atoms with Crippen molar-refractivity contribution >= 4 is 5.82 Å². The van der Waals surface area contributed by atoms with Crippen LogP contribution in [0.5, 0.6) is 0 Å². The fraction of sp³-hybridized carbons (Fsp3) is 0.545. The van der Waals surface area contributed by atoms with Gasteiger partial charge in [-0.15, -0.1) is 0 Å². The number of hydrogen-bond acceptors (Lipinski definition) is 3. The van der Waals surface area contributed by atoms with Crippen molar-refractivity contribution in [2.24, 2.45) is 5.92 Å². The first-order valence-electron chi connectivity index (χ1n) is 5.20. The summed E-state index contributed by atoms with van der Waals surface area (Å²) in [6.07, 6.45) is 3.14. The van der Waals surface area contributed by atoms with E-state index in [0.717, 1.165) is 31.4 Å². The van der Waals surface area contributed by atoms with Gasteiger partial charge in [0.05, 0.1) is 0 Å². The van der Waals surface area contributed by atoms with Crippen LogP contribution >= 0.6 is 0 Å². The highest BCUT2D eigenvalue weighted by Gasteiger charge is 2.22. The second kappa shape index (κ2) is 4.42. The summed E-state index contributed by atoms with van der Waals surface area (Å²) >= 11 is 0. The van der Waals surface area contributed by atoms with Gasteiger partial charge < -0.3 is 10.2 Å². The topological polar surface area (TPSA) is 28.2 Å². The van der Waals surface area contributed by atoms with Gasteiger partial charge in [-0.25, -0.2) is 4.98 Å². The van der Waals surface area contributed by atoms with Gasteiger partial charge in [0.2, 0.25) is 0 Å². The van der Waals surface area contributed by atoms with E-state index in [-0.39, 0.29) is 0 Å². The number of anilines is 1. The molecule has 2 heterocycles. The molecular formula is C11H17N3. The van der Waals surface area contributed by atoms with Crippen molar-refractivity contribution < 1.29 is 0 Å². The van der Waals surface area contributed by atoms with E-state index in [1.165, 1.54) is 6.42 Å². The lowest BCUT2D eigenvalue weighted by Crippen LogP contribution is -2.24. The van der Waals surface area contributed by atoms with E-state index in [1.54, 1.807) is 0 Å². The maximum absolute atomic E-state index is 4.36. The molecule has 0 radical (unpaired) electrons. The Kier molecular flexibility index (Phi) is 2.99. The van der Waals surface area contributed by atoms with E-state index in [0.29, 0.717) is 0 Å². The number of nitrogens with one attached hydrogen (secondary N) is 1.